The Morgan fingerprint density at radius 1 is 0.727 bits per heavy atom. The van der Waals surface area contributed by atoms with Crippen LogP contribution in [-0.4, -0.2) is 27.2 Å². The first-order valence-electron chi connectivity index (χ1n) is 9.95. The van der Waals surface area contributed by atoms with Crippen molar-refractivity contribution in [2.24, 2.45) is 0 Å². The van der Waals surface area contributed by atoms with Crippen LogP contribution in [0.5, 0.6) is 17.2 Å². The highest BCUT2D eigenvalue weighted by Gasteiger charge is 2.12. The van der Waals surface area contributed by atoms with E-state index in [-0.39, 0.29) is 5.91 Å². The van der Waals surface area contributed by atoms with Crippen LogP contribution in [0.25, 0.3) is 18.2 Å². The van der Waals surface area contributed by atoms with Gasteiger partial charge < -0.3 is 19.5 Å². The van der Waals surface area contributed by atoms with E-state index in [1.54, 1.807) is 33.5 Å². The van der Waals surface area contributed by atoms with Crippen molar-refractivity contribution >= 4 is 29.8 Å². The molecule has 0 saturated heterocycles. The summed E-state index contributed by atoms with van der Waals surface area (Å²) in [7, 11) is 4.67. The third kappa shape index (κ3) is 6.20. The van der Waals surface area contributed by atoms with Gasteiger partial charge in [-0.2, -0.15) is 0 Å². The molecule has 0 atom stereocenters. The second kappa shape index (κ2) is 10.9. The van der Waals surface area contributed by atoms with Crippen LogP contribution in [-0.2, 0) is 4.79 Å². The molecule has 3 aromatic rings. The monoisotopic (exact) mass is 451 g/mol. The largest absolute Gasteiger partial charge is 0.493 e. The van der Waals surface area contributed by atoms with Crippen LogP contribution in [0.2, 0.25) is 0 Å². The van der Waals surface area contributed by atoms with E-state index in [1.807, 2.05) is 36.4 Å². The van der Waals surface area contributed by atoms with Crippen molar-refractivity contribution in [3.63, 3.8) is 0 Å². The van der Waals surface area contributed by atoms with Crippen molar-refractivity contribution in [2.75, 3.05) is 26.6 Å². The average Bonchev–Trinajstić information content (AvgIpc) is 2.83. The number of halogens is 2. The molecule has 0 aliphatic heterocycles. The fourth-order valence-corrected chi connectivity index (χ4v) is 3.04. The summed E-state index contributed by atoms with van der Waals surface area (Å²) < 4.78 is 42.3. The van der Waals surface area contributed by atoms with Gasteiger partial charge in [0.1, 0.15) is 0 Å². The lowest BCUT2D eigenvalue weighted by molar-refractivity contribution is -0.111. The van der Waals surface area contributed by atoms with E-state index in [2.05, 4.69) is 5.32 Å². The van der Waals surface area contributed by atoms with Crippen molar-refractivity contribution in [1.29, 1.82) is 0 Å². The number of benzene rings is 3. The lowest BCUT2D eigenvalue weighted by atomic mass is 10.1. The number of hydrogen-bond acceptors (Lipinski definition) is 4. The molecule has 0 unspecified atom stereocenters. The van der Waals surface area contributed by atoms with E-state index < -0.39 is 11.6 Å². The predicted octanol–water partition coefficient (Wildman–Crippen LogP) is 5.81. The Balaban J connectivity index is 1.65. The summed E-state index contributed by atoms with van der Waals surface area (Å²) in [4.78, 5) is 12.1. The van der Waals surface area contributed by atoms with Gasteiger partial charge in [-0.25, -0.2) is 8.78 Å². The van der Waals surface area contributed by atoms with Crippen molar-refractivity contribution in [3.8, 4) is 17.2 Å². The molecule has 0 aromatic heterocycles. The maximum Gasteiger partial charge on any atom is 0.248 e. The number of anilines is 1. The number of nitrogens with one attached hydrogen (secondary N) is 1. The maximum atomic E-state index is 13.2. The van der Waals surface area contributed by atoms with Crippen LogP contribution in [0.1, 0.15) is 16.7 Å². The van der Waals surface area contributed by atoms with Crippen molar-refractivity contribution in [2.45, 2.75) is 0 Å². The van der Waals surface area contributed by atoms with Crippen molar-refractivity contribution in [3.05, 3.63) is 89.0 Å². The molecule has 170 valence electrons. The minimum atomic E-state index is -0.965. The first-order valence-corrected chi connectivity index (χ1v) is 9.95. The molecular weight excluding hydrogens is 428 g/mol. The van der Waals surface area contributed by atoms with Gasteiger partial charge >= 0.3 is 0 Å². The van der Waals surface area contributed by atoms with Crippen LogP contribution in [0.4, 0.5) is 14.5 Å². The quantitative estimate of drug-likeness (QED) is 0.347. The number of methoxy groups -OCH3 is 3. The van der Waals surface area contributed by atoms with Gasteiger partial charge in [0.25, 0.3) is 0 Å². The molecule has 0 heterocycles. The van der Waals surface area contributed by atoms with Crippen molar-refractivity contribution in [1.82, 2.24) is 0 Å². The zero-order valence-corrected chi connectivity index (χ0v) is 18.4. The fraction of sp³-hybridized carbons (Fsp3) is 0.115. The summed E-state index contributed by atoms with van der Waals surface area (Å²) in [6.07, 6.45) is 6.48. The average molecular weight is 451 g/mol. The van der Waals surface area contributed by atoms with E-state index in [1.165, 1.54) is 18.2 Å². The molecule has 0 aliphatic carbocycles. The number of hydrogen-bond donors (Lipinski definition) is 1. The van der Waals surface area contributed by atoms with Crippen LogP contribution in [0.3, 0.4) is 0 Å². The molecule has 3 aromatic carbocycles. The van der Waals surface area contributed by atoms with Gasteiger partial charge in [-0.3, -0.25) is 4.79 Å². The van der Waals surface area contributed by atoms with Gasteiger partial charge in [-0.15, -0.1) is 0 Å². The molecule has 0 spiro atoms. The lowest BCUT2D eigenvalue weighted by Crippen LogP contribution is -2.07. The highest BCUT2D eigenvalue weighted by molar-refractivity contribution is 6.02. The summed E-state index contributed by atoms with van der Waals surface area (Å²) in [6.45, 7) is 0. The summed E-state index contributed by atoms with van der Waals surface area (Å²) in [5.41, 5.74) is 2.76. The van der Waals surface area contributed by atoms with Gasteiger partial charge in [0.05, 0.1) is 21.3 Å². The van der Waals surface area contributed by atoms with E-state index in [9.17, 15) is 13.6 Å². The zero-order chi connectivity index (χ0) is 23.8. The normalized spacial score (nSPS) is 11.1. The Hall–Kier alpha value is -4.13. The van der Waals surface area contributed by atoms with E-state index in [4.69, 9.17) is 14.2 Å². The van der Waals surface area contributed by atoms with Gasteiger partial charge in [-0.05, 0) is 59.2 Å². The second-order valence-electron chi connectivity index (χ2n) is 6.91. The minimum absolute atomic E-state index is 0.385. The van der Waals surface area contributed by atoms with Crippen LogP contribution >= 0.6 is 0 Å². The van der Waals surface area contributed by atoms with Gasteiger partial charge in [0.15, 0.2) is 23.1 Å². The van der Waals surface area contributed by atoms with Crippen LogP contribution < -0.4 is 19.5 Å². The van der Waals surface area contributed by atoms with E-state index >= 15 is 0 Å². The molecule has 0 radical (unpaired) electrons. The third-order valence-electron chi connectivity index (χ3n) is 4.70. The second-order valence-corrected chi connectivity index (χ2v) is 6.91. The first kappa shape index (κ1) is 23.5. The molecule has 0 aliphatic rings. The maximum absolute atomic E-state index is 13.2. The standard InChI is InChI=1S/C26H23F2NO4/c1-31-23-15-19(16-24(32-2)26(23)33-3)5-4-17-6-10-20(11-7-17)29-25(30)13-9-18-8-12-21(27)22(28)14-18/h4-16H,1-3H3,(H,29,30)/b5-4+,13-9+. The molecule has 0 fully saturated rings. The van der Waals surface area contributed by atoms with E-state index in [0.29, 0.717) is 28.5 Å². The highest BCUT2D eigenvalue weighted by atomic mass is 19.2. The topological polar surface area (TPSA) is 56.8 Å². The lowest BCUT2D eigenvalue weighted by Gasteiger charge is -2.12. The summed E-state index contributed by atoms with van der Waals surface area (Å²) in [5.74, 6) is -0.642. The smallest absolute Gasteiger partial charge is 0.248 e. The number of amides is 1. The Labute approximate surface area is 190 Å². The van der Waals surface area contributed by atoms with Gasteiger partial charge in [-0.1, -0.05) is 30.4 Å². The summed E-state index contributed by atoms with van der Waals surface area (Å²) in [5, 5.41) is 2.72. The number of rotatable bonds is 8. The first-order chi connectivity index (χ1) is 15.9. The molecule has 0 saturated carbocycles. The Morgan fingerprint density at radius 3 is 1.91 bits per heavy atom. The van der Waals surface area contributed by atoms with Gasteiger partial charge in [0, 0.05) is 11.8 Å². The Morgan fingerprint density at radius 2 is 1.33 bits per heavy atom. The highest BCUT2D eigenvalue weighted by Crippen LogP contribution is 2.38. The van der Waals surface area contributed by atoms with Crippen LogP contribution in [0.15, 0.2) is 60.7 Å². The number of ether oxygens (including phenoxy) is 3. The molecule has 3 rings (SSSR count). The molecule has 5 nitrogen and oxygen atoms in total. The fourth-order valence-electron chi connectivity index (χ4n) is 3.04. The molecular formula is C26H23F2NO4. The predicted molar refractivity (Wildman–Crippen MR) is 125 cm³/mol. The number of carbonyl (C=O) groups is 1. The Bertz CT molecular complexity index is 1160. The Kier molecular flexibility index (Phi) is 7.81. The summed E-state index contributed by atoms with van der Waals surface area (Å²) >= 11 is 0. The van der Waals surface area contributed by atoms with E-state index in [0.717, 1.165) is 23.3 Å². The molecule has 0 bridgehead atoms. The van der Waals surface area contributed by atoms with Crippen LogP contribution in [0, 0.1) is 11.6 Å². The summed E-state index contributed by atoms with van der Waals surface area (Å²) in [6, 6.07) is 14.3. The third-order valence-corrected chi connectivity index (χ3v) is 4.70. The van der Waals surface area contributed by atoms with Gasteiger partial charge in [0.2, 0.25) is 11.7 Å². The zero-order valence-electron chi connectivity index (χ0n) is 18.4. The minimum Gasteiger partial charge on any atom is -0.493 e. The molecule has 1 N–H and O–H groups in total. The SMILES string of the molecule is COc1cc(/C=C/c2ccc(NC(=O)/C=C/c3ccc(F)c(F)c3)cc2)cc(OC)c1OC. The molecule has 1 amide bonds. The number of carbonyl (C=O) groups excluding carboxylic acids is 1. The van der Waals surface area contributed by atoms with Crippen molar-refractivity contribution < 1.29 is 27.8 Å². The molecule has 7 heteroatoms. The molecule has 33 heavy (non-hydrogen) atoms.